The maximum atomic E-state index is 13.0. The zero-order chi connectivity index (χ0) is 65.9. The van der Waals surface area contributed by atoms with Crippen molar-refractivity contribution in [3.63, 3.8) is 0 Å². The minimum Gasteiger partial charge on any atom is -0.462 e. The Balaban J connectivity index is 5.10. The highest BCUT2D eigenvalue weighted by molar-refractivity contribution is 7.47. The number of phosphoric ester groups is 2. The van der Waals surface area contributed by atoms with Crippen molar-refractivity contribution in [3.05, 3.63) is 0 Å². The molecule has 5 unspecified atom stereocenters. The molecule has 0 aliphatic carbocycles. The van der Waals surface area contributed by atoms with E-state index in [1.165, 1.54) is 154 Å². The van der Waals surface area contributed by atoms with Gasteiger partial charge in [0.1, 0.15) is 19.3 Å². The molecule has 0 saturated heterocycles. The molecule has 0 saturated carbocycles. The Morgan fingerprint density at radius 2 is 0.539 bits per heavy atom. The van der Waals surface area contributed by atoms with Gasteiger partial charge in [0.25, 0.3) is 0 Å². The van der Waals surface area contributed by atoms with Gasteiger partial charge in [-0.25, -0.2) is 9.13 Å². The third kappa shape index (κ3) is 60.7. The summed E-state index contributed by atoms with van der Waals surface area (Å²) >= 11 is 0. The molecule has 0 fully saturated rings. The first-order valence-corrected chi connectivity index (χ1v) is 39.5. The predicted molar refractivity (Wildman–Crippen MR) is 358 cm³/mol. The van der Waals surface area contributed by atoms with Gasteiger partial charge in [0, 0.05) is 25.7 Å². The lowest BCUT2D eigenvalue weighted by molar-refractivity contribution is -0.161. The Morgan fingerprint density at radius 3 is 0.798 bits per heavy atom. The van der Waals surface area contributed by atoms with Crippen LogP contribution in [0.2, 0.25) is 0 Å². The number of hydrogen-bond donors (Lipinski definition) is 3. The molecule has 0 aliphatic rings. The highest BCUT2D eigenvalue weighted by atomic mass is 31.2. The van der Waals surface area contributed by atoms with E-state index in [0.29, 0.717) is 25.7 Å². The minimum absolute atomic E-state index is 0.102. The Hall–Kier alpha value is -1.94. The molecule has 0 rings (SSSR count). The second-order valence-corrected chi connectivity index (χ2v) is 28.9. The predicted octanol–water partition coefficient (Wildman–Crippen LogP) is 19.8. The molecule has 0 spiro atoms. The fraction of sp³-hybridized carbons (Fsp3) is 0.943. The van der Waals surface area contributed by atoms with Crippen LogP contribution in [0.1, 0.15) is 350 Å². The molecule has 8 atom stereocenters. The van der Waals surface area contributed by atoms with Crippen molar-refractivity contribution in [2.45, 2.75) is 369 Å². The minimum atomic E-state index is -4.95. The van der Waals surface area contributed by atoms with Crippen LogP contribution in [0.25, 0.3) is 0 Å². The maximum Gasteiger partial charge on any atom is 0.472 e. The number of rotatable bonds is 68. The number of esters is 4. The van der Waals surface area contributed by atoms with Crippen molar-refractivity contribution in [2.24, 2.45) is 17.8 Å². The third-order valence-corrected chi connectivity index (χ3v) is 19.1. The molecular weight excluding hydrogens is 1170 g/mol. The summed E-state index contributed by atoms with van der Waals surface area (Å²) < 4.78 is 68.0. The SMILES string of the molecule is CCCCCCCC(=O)OC[C@H](COP(=O)(O)OC[C@H](O)COP(=O)(O)OC[C@@H](COC(=O)CCCCCCCCCCC(C)CC)OC(=O)CCCCCCCCCCCCCCCCCCCCC(C)CC)OC(=O)CCCCCCCCC(C)CC. The fourth-order valence-electron chi connectivity index (χ4n) is 10.4. The quantitative estimate of drug-likeness (QED) is 0.0222. The molecule has 17 nitrogen and oxygen atoms in total. The topological polar surface area (TPSA) is 237 Å². The van der Waals surface area contributed by atoms with Crippen LogP contribution in [0.3, 0.4) is 0 Å². The summed E-state index contributed by atoms with van der Waals surface area (Å²) in [6, 6.07) is 0. The average molecular weight is 1310 g/mol. The van der Waals surface area contributed by atoms with Gasteiger partial charge in [-0.15, -0.1) is 0 Å². The number of aliphatic hydroxyl groups excluding tert-OH is 1. The van der Waals surface area contributed by atoms with Gasteiger partial charge >= 0.3 is 39.5 Å². The van der Waals surface area contributed by atoms with Crippen LogP contribution in [-0.2, 0) is 65.4 Å². The second kappa shape index (κ2) is 61.0. The largest absolute Gasteiger partial charge is 0.472 e. The molecular formula is C70H136O17P2. The molecule has 89 heavy (non-hydrogen) atoms. The van der Waals surface area contributed by atoms with Crippen LogP contribution >= 0.6 is 15.6 Å². The monoisotopic (exact) mass is 1310 g/mol. The highest BCUT2D eigenvalue weighted by Crippen LogP contribution is 2.45. The number of carbonyl (C=O) groups excluding carboxylic acids is 4. The molecule has 0 radical (unpaired) electrons. The summed E-state index contributed by atoms with van der Waals surface area (Å²) in [6.45, 7) is 11.8. The van der Waals surface area contributed by atoms with E-state index in [-0.39, 0.29) is 25.7 Å². The maximum absolute atomic E-state index is 13.0. The van der Waals surface area contributed by atoms with Crippen LogP contribution in [0.15, 0.2) is 0 Å². The van der Waals surface area contributed by atoms with Crippen molar-refractivity contribution >= 4 is 39.5 Å². The zero-order valence-corrected chi connectivity index (χ0v) is 59.7. The van der Waals surface area contributed by atoms with Gasteiger partial charge < -0.3 is 33.8 Å². The first-order valence-electron chi connectivity index (χ1n) is 36.5. The van der Waals surface area contributed by atoms with E-state index in [1.807, 2.05) is 0 Å². The lowest BCUT2D eigenvalue weighted by Crippen LogP contribution is -2.30. The zero-order valence-electron chi connectivity index (χ0n) is 57.9. The molecule has 0 aliphatic heterocycles. The molecule has 528 valence electrons. The molecule has 0 heterocycles. The van der Waals surface area contributed by atoms with Gasteiger partial charge in [-0.1, -0.05) is 299 Å². The number of carbonyl (C=O) groups is 4. The van der Waals surface area contributed by atoms with Crippen LogP contribution in [0.5, 0.6) is 0 Å². The molecule has 0 aromatic heterocycles. The normalized spacial score (nSPS) is 15.1. The van der Waals surface area contributed by atoms with Crippen LogP contribution in [-0.4, -0.2) is 96.7 Å². The van der Waals surface area contributed by atoms with Gasteiger partial charge in [-0.3, -0.25) is 37.3 Å². The summed E-state index contributed by atoms with van der Waals surface area (Å²) in [5, 5.41) is 10.5. The van der Waals surface area contributed by atoms with Gasteiger partial charge in [0.2, 0.25) is 0 Å². The van der Waals surface area contributed by atoms with E-state index < -0.39 is 97.5 Å². The van der Waals surface area contributed by atoms with E-state index in [9.17, 15) is 43.2 Å². The van der Waals surface area contributed by atoms with Crippen molar-refractivity contribution in [1.29, 1.82) is 0 Å². The molecule has 0 bridgehead atoms. The highest BCUT2D eigenvalue weighted by Gasteiger charge is 2.30. The van der Waals surface area contributed by atoms with Crippen molar-refractivity contribution < 1.29 is 80.2 Å². The first kappa shape index (κ1) is 87.1. The first-order chi connectivity index (χ1) is 42.8. The number of unbranched alkanes of at least 4 members (excludes halogenated alkanes) is 33. The summed E-state index contributed by atoms with van der Waals surface area (Å²) in [5.74, 6) is 0.227. The summed E-state index contributed by atoms with van der Waals surface area (Å²) in [5.41, 5.74) is 0. The van der Waals surface area contributed by atoms with Crippen LogP contribution in [0, 0.1) is 17.8 Å². The standard InChI is InChI=1S/C70H136O17P2/c1-8-12-13-34-44-51-67(72)80-57-65(87-70(75)54-47-40-33-32-37-43-50-63(7)11-4)59-84-88(76,77)82-55-64(71)56-83-89(78,79)85-60-66(58-81-68(73)52-45-38-30-27-26-29-36-42-49-62(6)10-3)86-69(74)53-46-39-31-25-23-21-19-17-15-14-16-18-20-22-24-28-35-41-48-61(5)9-2/h61-66,71H,8-60H2,1-7H3,(H,76,77)(H,78,79)/t61?,62?,63?,64-,65+,66+/m0/s1. The van der Waals surface area contributed by atoms with E-state index in [4.69, 9.17) is 37.0 Å². The van der Waals surface area contributed by atoms with Gasteiger partial charge in [0.15, 0.2) is 12.2 Å². The lowest BCUT2D eigenvalue weighted by Gasteiger charge is -2.21. The fourth-order valence-corrected chi connectivity index (χ4v) is 12.0. The van der Waals surface area contributed by atoms with Gasteiger partial charge in [-0.05, 0) is 43.4 Å². The molecule has 19 heteroatoms. The summed E-state index contributed by atoms with van der Waals surface area (Å²) in [4.78, 5) is 72.2. The van der Waals surface area contributed by atoms with Crippen molar-refractivity contribution in [3.8, 4) is 0 Å². The number of aliphatic hydroxyl groups is 1. The third-order valence-electron chi connectivity index (χ3n) is 17.2. The van der Waals surface area contributed by atoms with E-state index in [0.717, 1.165) is 114 Å². The smallest absolute Gasteiger partial charge is 0.462 e. The Morgan fingerprint density at radius 1 is 0.315 bits per heavy atom. The second-order valence-electron chi connectivity index (χ2n) is 26.0. The summed E-state index contributed by atoms with van der Waals surface area (Å²) in [7, 11) is -9.89. The molecule has 3 N–H and O–H groups in total. The van der Waals surface area contributed by atoms with E-state index in [2.05, 4.69) is 48.5 Å². The van der Waals surface area contributed by atoms with Crippen molar-refractivity contribution in [1.82, 2.24) is 0 Å². The Kier molecular flexibility index (Phi) is 59.6. The lowest BCUT2D eigenvalue weighted by atomic mass is 9.99. The number of ether oxygens (including phenoxy) is 4. The Bertz CT molecular complexity index is 1760. The van der Waals surface area contributed by atoms with Crippen molar-refractivity contribution in [2.75, 3.05) is 39.6 Å². The molecule has 0 amide bonds. The number of hydrogen-bond acceptors (Lipinski definition) is 15. The van der Waals surface area contributed by atoms with Crippen LogP contribution < -0.4 is 0 Å². The van der Waals surface area contributed by atoms with E-state index in [1.54, 1.807) is 0 Å². The average Bonchev–Trinajstić information content (AvgIpc) is 3.68. The molecule has 0 aromatic carbocycles. The molecule has 0 aromatic rings. The van der Waals surface area contributed by atoms with Gasteiger partial charge in [-0.2, -0.15) is 0 Å². The van der Waals surface area contributed by atoms with Gasteiger partial charge in [0.05, 0.1) is 26.4 Å². The number of phosphoric acid groups is 2. The Labute approximate surface area is 543 Å². The van der Waals surface area contributed by atoms with Crippen LogP contribution in [0.4, 0.5) is 0 Å². The summed E-state index contributed by atoms with van der Waals surface area (Å²) in [6.07, 6.45) is 44.9. The van der Waals surface area contributed by atoms with E-state index >= 15 is 0 Å².